The van der Waals surface area contributed by atoms with E-state index in [1.54, 1.807) is 0 Å². The fourth-order valence-electron chi connectivity index (χ4n) is 2.91. The molecular formula is C21H29N5O3. The first-order valence-corrected chi connectivity index (χ1v) is 9.55. The van der Waals surface area contributed by atoms with Crippen LogP contribution in [0.15, 0.2) is 30.5 Å². The summed E-state index contributed by atoms with van der Waals surface area (Å²) >= 11 is 0. The fourth-order valence-corrected chi connectivity index (χ4v) is 2.91. The number of nitrogens with zero attached hydrogens (tertiary/aromatic N) is 3. The average Bonchev–Trinajstić information content (AvgIpc) is 3.07. The van der Waals surface area contributed by atoms with Crippen LogP contribution in [0.3, 0.4) is 0 Å². The molecule has 0 bridgehead atoms. The van der Waals surface area contributed by atoms with Crippen molar-refractivity contribution in [3.63, 3.8) is 0 Å². The smallest absolute Gasteiger partial charge is 0.319 e. The molecule has 8 nitrogen and oxygen atoms in total. The Morgan fingerprint density at radius 3 is 2.48 bits per heavy atom. The van der Waals surface area contributed by atoms with Crippen LogP contribution < -0.4 is 10.5 Å². The molecule has 0 aliphatic carbocycles. The molecule has 1 aromatic carbocycles. The number of carboxylic acid groups (broad SMARTS) is 1. The number of benzene rings is 1. The average molecular weight is 399 g/mol. The lowest BCUT2D eigenvalue weighted by Crippen LogP contribution is -2.10. The van der Waals surface area contributed by atoms with Crippen LogP contribution in [0.2, 0.25) is 0 Å². The van der Waals surface area contributed by atoms with Gasteiger partial charge in [0.15, 0.2) is 5.82 Å². The van der Waals surface area contributed by atoms with Crippen LogP contribution in [-0.4, -0.2) is 52.1 Å². The second kappa shape index (κ2) is 11.0. The largest absolute Gasteiger partial charge is 0.483 e. The molecule has 0 spiro atoms. The molecule has 3 aromatic rings. The highest BCUT2D eigenvalue weighted by molar-refractivity contribution is 5.87. The number of aromatic nitrogens is 3. The van der Waals surface area contributed by atoms with Crippen molar-refractivity contribution in [3.05, 3.63) is 47.2 Å². The van der Waals surface area contributed by atoms with Crippen LogP contribution in [0.4, 0.5) is 5.82 Å². The van der Waals surface area contributed by atoms with Gasteiger partial charge in [-0.25, -0.2) is 0 Å². The summed E-state index contributed by atoms with van der Waals surface area (Å²) in [5.41, 5.74) is 11.3. The zero-order valence-corrected chi connectivity index (χ0v) is 17.2. The van der Waals surface area contributed by atoms with Crippen LogP contribution in [0.1, 0.15) is 36.5 Å². The predicted molar refractivity (Wildman–Crippen MR) is 114 cm³/mol. The molecule has 2 heterocycles. The fraction of sp³-hybridized carbons (Fsp3) is 0.381. The van der Waals surface area contributed by atoms with Gasteiger partial charge in [0, 0.05) is 24.7 Å². The van der Waals surface area contributed by atoms with Gasteiger partial charge in [-0.1, -0.05) is 37.6 Å². The second-order valence-corrected chi connectivity index (χ2v) is 6.97. The monoisotopic (exact) mass is 399 g/mol. The van der Waals surface area contributed by atoms with E-state index < -0.39 is 0 Å². The van der Waals surface area contributed by atoms with Crippen molar-refractivity contribution < 1.29 is 14.6 Å². The number of H-pyrrole nitrogens is 1. The maximum absolute atomic E-state index is 8.36. The molecule has 0 radical (unpaired) electrons. The number of nitrogens with two attached hydrogens (primary N) is 1. The van der Waals surface area contributed by atoms with E-state index in [1.165, 1.54) is 11.1 Å². The molecule has 0 saturated heterocycles. The molecule has 0 saturated carbocycles. The number of ether oxygens (including phenoxy) is 1. The molecular weight excluding hydrogens is 370 g/mol. The van der Waals surface area contributed by atoms with E-state index in [0.29, 0.717) is 18.4 Å². The maximum atomic E-state index is 8.36. The summed E-state index contributed by atoms with van der Waals surface area (Å²) in [4.78, 5) is 22.5. The number of rotatable bonds is 8. The van der Waals surface area contributed by atoms with Crippen LogP contribution >= 0.6 is 0 Å². The number of carbonyl (C=O) groups is 1. The van der Waals surface area contributed by atoms with Gasteiger partial charge in [0.05, 0.1) is 6.61 Å². The first kappa shape index (κ1) is 22.2. The van der Waals surface area contributed by atoms with E-state index in [0.717, 1.165) is 42.4 Å². The Kier molecular flexibility index (Phi) is 8.42. The Morgan fingerprint density at radius 2 is 1.86 bits per heavy atom. The Morgan fingerprint density at radius 1 is 1.21 bits per heavy atom. The quantitative estimate of drug-likeness (QED) is 0.393. The highest BCUT2D eigenvalue weighted by Gasteiger charge is 2.12. The minimum Gasteiger partial charge on any atom is -0.483 e. The van der Waals surface area contributed by atoms with E-state index in [-0.39, 0.29) is 6.47 Å². The molecule has 4 N–H and O–H groups in total. The Hall–Kier alpha value is -3.13. The highest BCUT2D eigenvalue weighted by Crippen LogP contribution is 2.25. The first-order valence-electron chi connectivity index (χ1n) is 9.55. The number of aromatic amines is 1. The Balaban J connectivity index is 0.000000941. The van der Waals surface area contributed by atoms with Gasteiger partial charge in [0.2, 0.25) is 0 Å². The third-order valence-electron chi connectivity index (χ3n) is 4.26. The van der Waals surface area contributed by atoms with Crippen molar-refractivity contribution in [1.29, 1.82) is 0 Å². The molecule has 29 heavy (non-hydrogen) atoms. The van der Waals surface area contributed by atoms with E-state index >= 15 is 0 Å². The van der Waals surface area contributed by atoms with E-state index in [9.17, 15) is 0 Å². The summed E-state index contributed by atoms with van der Waals surface area (Å²) < 4.78 is 5.64. The Labute approximate surface area is 170 Å². The summed E-state index contributed by atoms with van der Waals surface area (Å²) in [5, 5.41) is 6.89. The molecule has 0 aliphatic rings. The number of hydrogen-bond donors (Lipinski definition) is 3. The number of fused-ring (bicyclic) bond motifs is 1. The van der Waals surface area contributed by atoms with Crippen molar-refractivity contribution in [1.82, 2.24) is 19.9 Å². The molecule has 8 heteroatoms. The summed E-state index contributed by atoms with van der Waals surface area (Å²) in [5.74, 6) is 0.425. The molecule has 0 aliphatic heterocycles. The van der Waals surface area contributed by atoms with Crippen molar-refractivity contribution in [3.8, 4) is 6.01 Å². The van der Waals surface area contributed by atoms with Gasteiger partial charge in [0.1, 0.15) is 11.0 Å². The van der Waals surface area contributed by atoms with Crippen LogP contribution in [0.25, 0.3) is 11.0 Å². The number of nitrogens with one attached hydrogen (secondary N) is 1. The Bertz CT molecular complexity index is 907. The van der Waals surface area contributed by atoms with Crippen molar-refractivity contribution >= 4 is 23.3 Å². The molecule has 0 fully saturated rings. The van der Waals surface area contributed by atoms with E-state index in [1.807, 2.05) is 6.20 Å². The van der Waals surface area contributed by atoms with Gasteiger partial charge in [-0.3, -0.25) is 4.79 Å². The summed E-state index contributed by atoms with van der Waals surface area (Å²) in [6, 6.07) is 9.03. The topological polar surface area (TPSA) is 117 Å². The lowest BCUT2D eigenvalue weighted by Gasteiger charge is -2.10. The first-order chi connectivity index (χ1) is 14.0. The SMILES string of the molecule is CCCCOc1nc(N)c2[nH]cc(Cc3ccc(CN(C)C)cc3)c2n1.O=CO. The summed E-state index contributed by atoms with van der Waals surface area (Å²) in [7, 11) is 4.15. The van der Waals surface area contributed by atoms with Gasteiger partial charge < -0.3 is 25.5 Å². The molecule has 2 aromatic heterocycles. The van der Waals surface area contributed by atoms with Crippen molar-refractivity contribution in [2.24, 2.45) is 0 Å². The lowest BCUT2D eigenvalue weighted by atomic mass is 10.0. The zero-order valence-electron chi connectivity index (χ0n) is 17.2. The number of hydrogen-bond acceptors (Lipinski definition) is 6. The lowest BCUT2D eigenvalue weighted by molar-refractivity contribution is -0.122. The van der Waals surface area contributed by atoms with E-state index in [2.05, 4.69) is 65.1 Å². The predicted octanol–water partition coefficient (Wildman–Crippen LogP) is 3.07. The van der Waals surface area contributed by atoms with Crippen LogP contribution in [0.5, 0.6) is 6.01 Å². The second-order valence-electron chi connectivity index (χ2n) is 6.97. The van der Waals surface area contributed by atoms with E-state index in [4.69, 9.17) is 20.4 Å². The van der Waals surface area contributed by atoms with Gasteiger partial charge in [0.25, 0.3) is 6.47 Å². The van der Waals surface area contributed by atoms with Gasteiger partial charge in [-0.05, 0) is 31.6 Å². The number of anilines is 1. The third kappa shape index (κ3) is 6.46. The molecule has 0 unspecified atom stereocenters. The third-order valence-corrected chi connectivity index (χ3v) is 4.26. The summed E-state index contributed by atoms with van der Waals surface area (Å²) in [6.45, 7) is 3.42. The number of nitrogen functional groups attached to an aromatic ring is 1. The van der Waals surface area contributed by atoms with Crippen molar-refractivity contribution in [2.45, 2.75) is 32.7 Å². The molecule has 3 rings (SSSR count). The zero-order chi connectivity index (χ0) is 21.2. The maximum Gasteiger partial charge on any atom is 0.319 e. The minimum atomic E-state index is -0.250. The van der Waals surface area contributed by atoms with Crippen LogP contribution in [0, 0.1) is 0 Å². The summed E-state index contributed by atoms with van der Waals surface area (Å²) in [6.07, 6.45) is 4.78. The van der Waals surface area contributed by atoms with Crippen molar-refractivity contribution in [2.75, 3.05) is 26.4 Å². The highest BCUT2D eigenvalue weighted by atomic mass is 16.5. The standard InChI is InChI=1S/C20H27N5O.CH2O2/c1-4-5-10-26-20-23-17-16(12-22-18(17)19(21)24-20)11-14-6-8-15(9-7-14)13-25(2)3;2-1-3/h6-9,12,22H,4-5,10-11,13H2,1-3H3,(H2,21,23,24);1H,(H,2,3). The van der Waals surface area contributed by atoms with Gasteiger partial charge in [-0.2, -0.15) is 9.97 Å². The van der Waals surface area contributed by atoms with Gasteiger partial charge in [-0.15, -0.1) is 0 Å². The normalized spacial score (nSPS) is 10.6. The number of unbranched alkanes of at least 4 members (excludes halogenated alkanes) is 1. The van der Waals surface area contributed by atoms with Crippen LogP contribution in [-0.2, 0) is 17.8 Å². The molecule has 0 atom stereocenters. The molecule has 0 amide bonds. The molecule has 156 valence electrons. The minimum absolute atomic E-state index is 0.250. The van der Waals surface area contributed by atoms with Gasteiger partial charge >= 0.3 is 6.01 Å².